The summed E-state index contributed by atoms with van der Waals surface area (Å²) < 4.78 is 0. The van der Waals surface area contributed by atoms with Gasteiger partial charge in [-0.2, -0.15) is 0 Å². The number of carboxylic acid groups (broad SMARTS) is 1. The van der Waals surface area contributed by atoms with E-state index in [1.807, 2.05) is 5.38 Å². The number of thiazole rings is 1. The molecule has 1 aromatic rings. The van der Waals surface area contributed by atoms with Gasteiger partial charge in [-0.25, -0.2) is 4.98 Å². The number of aliphatic carboxylic acids is 1. The standard InChI is InChI=1S/C13H21N3O2S/c1-10(2)15-5-7-16(8-6-15)13-14-11(9-19-13)3-4-12(17)18/h9-10H,3-8H2,1-2H3,(H,17,18). The lowest BCUT2D eigenvalue weighted by Gasteiger charge is -2.36. The van der Waals surface area contributed by atoms with Crippen LogP contribution in [0.25, 0.3) is 0 Å². The zero-order valence-electron chi connectivity index (χ0n) is 11.5. The van der Waals surface area contributed by atoms with Crippen LogP contribution in [-0.4, -0.2) is 53.2 Å². The summed E-state index contributed by atoms with van der Waals surface area (Å²) in [5.74, 6) is -0.764. The van der Waals surface area contributed by atoms with E-state index < -0.39 is 5.97 Å². The van der Waals surface area contributed by atoms with Crippen LogP contribution in [0.1, 0.15) is 26.0 Å². The number of anilines is 1. The fraction of sp³-hybridized carbons (Fsp3) is 0.692. The van der Waals surface area contributed by atoms with Crippen molar-refractivity contribution >= 4 is 22.4 Å². The summed E-state index contributed by atoms with van der Waals surface area (Å²) in [6, 6.07) is 0.601. The van der Waals surface area contributed by atoms with E-state index >= 15 is 0 Å². The van der Waals surface area contributed by atoms with Gasteiger partial charge in [-0.05, 0) is 13.8 Å². The molecule has 0 radical (unpaired) electrons. The van der Waals surface area contributed by atoms with Crippen molar-refractivity contribution in [2.24, 2.45) is 0 Å². The molecule has 0 aliphatic carbocycles. The summed E-state index contributed by atoms with van der Waals surface area (Å²) in [4.78, 5) is 19.8. The third-order valence-corrected chi connectivity index (χ3v) is 4.40. The number of carboxylic acids is 1. The minimum atomic E-state index is -0.764. The highest BCUT2D eigenvalue weighted by molar-refractivity contribution is 7.13. The Hall–Kier alpha value is -1.14. The van der Waals surface area contributed by atoms with Crippen molar-refractivity contribution in [1.29, 1.82) is 0 Å². The Labute approximate surface area is 117 Å². The fourth-order valence-corrected chi connectivity index (χ4v) is 3.13. The zero-order valence-corrected chi connectivity index (χ0v) is 12.3. The molecule has 1 saturated heterocycles. The molecule has 1 aliphatic rings. The first kappa shape index (κ1) is 14.3. The first-order chi connectivity index (χ1) is 9.06. The maximum Gasteiger partial charge on any atom is 0.303 e. The van der Waals surface area contributed by atoms with E-state index in [0.717, 1.165) is 37.0 Å². The molecule has 19 heavy (non-hydrogen) atoms. The highest BCUT2D eigenvalue weighted by Gasteiger charge is 2.20. The van der Waals surface area contributed by atoms with Crippen LogP contribution in [0.3, 0.4) is 0 Å². The summed E-state index contributed by atoms with van der Waals surface area (Å²) in [6.45, 7) is 8.60. The Morgan fingerprint density at radius 1 is 1.42 bits per heavy atom. The molecule has 1 aromatic heterocycles. The molecule has 0 amide bonds. The van der Waals surface area contributed by atoms with Gasteiger partial charge in [0.15, 0.2) is 5.13 Å². The number of rotatable bonds is 5. The number of piperazine rings is 1. The average Bonchev–Trinajstić information content (AvgIpc) is 2.85. The second-order valence-electron chi connectivity index (χ2n) is 5.13. The van der Waals surface area contributed by atoms with Gasteiger partial charge in [-0.1, -0.05) is 0 Å². The highest BCUT2D eigenvalue weighted by Crippen LogP contribution is 2.22. The Morgan fingerprint density at radius 3 is 2.68 bits per heavy atom. The van der Waals surface area contributed by atoms with Gasteiger partial charge in [-0.15, -0.1) is 11.3 Å². The molecule has 0 saturated carbocycles. The smallest absolute Gasteiger partial charge is 0.303 e. The molecule has 0 aromatic carbocycles. The summed E-state index contributed by atoms with van der Waals surface area (Å²) in [7, 11) is 0. The Kier molecular flexibility index (Phi) is 4.76. The average molecular weight is 283 g/mol. The van der Waals surface area contributed by atoms with Crippen LogP contribution in [-0.2, 0) is 11.2 Å². The predicted octanol–water partition coefficient (Wildman–Crippen LogP) is 1.69. The lowest BCUT2D eigenvalue weighted by atomic mass is 10.2. The molecule has 0 bridgehead atoms. The molecule has 5 nitrogen and oxygen atoms in total. The van der Waals surface area contributed by atoms with Gasteiger partial charge in [0, 0.05) is 44.0 Å². The van der Waals surface area contributed by atoms with E-state index in [1.165, 1.54) is 0 Å². The van der Waals surface area contributed by atoms with Crippen molar-refractivity contribution in [1.82, 2.24) is 9.88 Å². The summed E-state index contributed by atoms with van der Waals surface area (Å²) in [6.07, 6.45) is 0.683. The Bertz CT molecular complexity index is 425. The Balaban J connectivity index is 1.88. The van der Waals surface area contributed by atoms with Gasteiger partial charge < -0.3 is 10.0 Å². The lowest BCUT2D eigenvalue weighted by molar-refractivity contribution is -0.136. The largest absolute Gasteiger partial charge is 0.481 e. The van der Waals surface area contributed by atoms with E-state index in [4.69, 9.17) is 5.11 Å². The molecular formula is C13H21N3O2S. The van der Waals surface area contributed by atoms with Gasteiger partial charge in [0.2, 0.25) is 0 Å². The molecule has 1 aliphatic heterocycles. The van der Waals surface area contributed by atoms with E-state index in [-0.39, 0.29) is 6.42 Å². The lowest BCUT2D eigenvalue weighted by Crippen LogP contribution is -2.48. The molecule has 0 unspecified atom stereocenters. The number of hydrogen-bond donors (Lipinski definition) is 1. The molecule has 1 N–H and O–H groups in total. The van der Waals surface area contributed by atoms with Crippen LogP contribution in [0.2, 0.25) is 0 Å². The molecule has 2 heterocycles. The second kappa shape index (κ2) is 6.34. The van der Waals surface area contributed by atoms with E-state index in [1.54, 1.807) is 11.3 Å². The number of hydrogen-bond acceptors (Lipinski definition) is 5. The van der Waals surface area contributed by atoms with Gasteiger partial charge in [-0.3, -0.25) is 9.69 Å². The van der Waals surface area contributed by atoms with Crippen LogP contribution in [0.5, 0.6) is 0 Å². The summed E-state index contributed by atoms with van der Waals surface area (Å²) >= 11 is 1.62. The summed E-state index contributed by atoms with van der Waals surface area (Å²) in [5.41, 5.74) is 0.897. The van der Waals surface area contributed by atoms with Crippen LogP contribution in [0.4, 0.5) is 5.13 Å². The van der Waals surface area contributed by atoms with E-state index in [9.17, 15) is 4.79 Å². The third kappa shape index (κ3) is 3.91. The number of nitrogens with zero attached hydrogens (tertiary/aromatic N) is 3. The molecular weight excluding hydrogens is 262 g/mol. The van der Waals surface area contributed by atoms with Crippen LogP contribution in [0, 0.1) is 0 Å². The van der Waals surface area contributed by atoms with Gasteiger partial charge >= 0.3 is 5.97 Å². The van der Waals surface area contributed by atoms with Crippen molar-refractivity contribution in [2.45, 2.75) is 32.7 Å². The van der Waals surface area contributed by atoms with Crippen molar-refractivity contribution < 1.29 is 9.90 Å². The maximum absolute atomic E-state index is 10.5. The topological polar surface area (TPSA) is 56.7 Å². The second-order valence-corrected chi connectivity index (χ2v) is 5.97. The third-order valence-electron chi connectivity index (χ3n) is 3.45. The highest BCUT2D eigenvalue weighted by atomic mass is 32.1. The minimum Gasteiger partial charge on any atom is -0.481 e. The van der Waals surface area contributed by atoms with Crippen LogP contribution >= 0.6 is 11.3 Å². The molecule has 6 heteroatoms. The molecule has 106 valence electrons. The normalized spacial score (nSPS) is 17.1. The SMILES string of the molecule is CC(C)N1CCN(c2nc(CCC(=O)O)cs2)CC1. The first-order valence-corrected chi connectivity index (χ1v) is 7.59. The molecule has 0 spiro atoms. The first-order valence-electron chi connectivity index (χ1n) is 6.71. The van der Waals surface area contributed by atoms with Crippen LogP contribution in [0.15, 0.2) is 5.38 Å². The van der Waals surface area contributed by atoms with Gasteiger partial charge in [0.05, 0.1) is 12.1 Å². The Morgan fingerprint density at radius 2 is 2.11 bits per heavy atom. The monoisotopic (exact) mass is 283 g/mol. The number of aryl methyl sites for hydroxylation is 1. The van der Waals surface area contributed by atoms with Gasteiger partial charge in [0.1, 0.15) is 0 Å². The van der Waals surface area contributed by atoms with Gasteiger partial charge in [0.25, 0.3) is 0 Å². The molecule has 2 rings (SSSR count). The number of aromatic nitrogens is 1. The van der Waals surface area contributed by atoms with Crippen LogP contribution < -0.4 is 4.90 Å². The van der Waals surface area contributed by atoms with Crippen molar-refractivity contribution in [3.63, 3.8) is 0 Å². The van der Waals surface area contributed by atoms with E-state index in [2.05, 4.69) is 28.6 Å². The van der Waals surface area contributed by atoms with Crippen molar-refractivity contribution in [3.8, 4) is 0 Å². The van der Waals surface area contributed by atoms with E-state index in [0.29, 0.717) is 12.5 Å². The van der Waals surface area contributed by atoms with Crippen molar-refractivity contribution in [2.75, 3.05) is 31.1 Å². The van der Waals surface area contributed by atoms with Crippen molar-refractivity contribution in [3.05, 3.63) is 11.1 Å². The maximum atomic E-state index is 10.5. The zero-order chi connectivity index (χ0) is 13.8. The number of carbonyl (C=O) groups is 1. The molecule has 0 atom stereocenters. The molecule has 1 fully saturated rings. The summed E-state index contributed by atoms with van der Waals surface area (Å²) in [5, 5.41) is 11.7. The quantitative estimate of drug-likeness (QED) is 0.891. The minimum absolute atomic E-state index is 0.157. The predicted molar refractivity (Wildman–Crippen MR) is 77.0 cm³/mol. The fourth-order valence-electron chi connectivity index (χ4n) is 2.22.